The van der Waals surface area contributed by atoms with E-state index >= 15 is 0 Å². The summed E-state index contributed by atoms with van der Waals surface area (Å²) in [7, 11) is -0.278. The van der Waals surface area contributed by atoms with Gasteiger partial charge in [0.25, 0.3) is 0 Å². The molecule has 2 aromatic carbocycles. The topological polar surface area (TPSA) is 85.4 Å². The summed E-state index contributed by atoms with van der Waals surface area (Å²) in [5.41, 5.74) is 0.606. The van der Waals surface area contributed by atoms with Crippen LogP contribution >= 0.6 is 0 Å². The number of carbonyl (C=O) groups excluding carboxylic acids is 1. The summed E-state index contributed by atoms with van der Waals surface area (Å²) in [5.74, 6) is 0.484. The highest BCUT2D eigenvalue weighted by atomic mass is 32.2. The van der Waals surface area contributed by atoms with Crippen molar-refractivity contribution in [1.82, 2.24) is 5.01 Å². The lowest BCUT2D eigenvalue weighted by molar-refractivity contribution is 0.0600. The maximum absolute atomic E-state index is 12.1. The molecule has 0 N–H and O–H groups in total. The van der Waals surface area contributed by atoms with Crippen molar-refractivity contribution in [2.24, 2.45) is 0 Å². The van der Waals surface area contributed by atoms with Gasteiger partial charge in [-0.3, -0.25) is 0 Å². The summed E-state index contributed by atoms with van der Waals surface area (Å²) >= 11 is 0. The molecule has 0 spiro atoms. The quantitative estimate of drug-likeness (QED) is 0.543. The molecular weight excluding hydrogens is 396 g/mol. The Hall–Kier alpha value is -2.78. The summed E-state index contributed by atoms with van der Waals surface area (Å²) in [6.07, 6.45) is 1.46. The Morgan fingerprint density at radius 3 is 2.55 bits per heavy atom. The molecule has 1 aliphatic heterocycles. The Labute approximate surface area is 171 Å². The number of methoxy groups -OCH3 is 2. The molecule has 1 saturated heterocycles. The minimum absolute atomic E-state index is 0.149. The van der Waals surface area contributed by atoms with E-state index in [2.05, 4.69) is 0 Å². The maximum Gasteiger partial charge on any atom is 0.337 e. The van der Waals surface area contributed by atoms with Gasteiger partial charge in [-0.1, -0.05) is 18.2 Å². The zero-order valence-corrected chi connectivity index (χ0v) is 17.2. The smallest absolute Gasteiger partial charge is 0.337 e. The Balaban J connectivity index is 1.85. The molecule has 1 heterocycles. The third-order valence-corrected chi connectivity index (χ3v) is 5.42. The molecule has 0 aromatic heterocycles. The van der Waals surface area contributed by atoms with Gasteiger partial charge in [-0.2, -0.15) is 4.41 Å². The van der Waals surface area contributed by atoms with Crippen LogP contribution in [-0.2, 0) is 15.6 Å². The first-order valence-electron chi connectivity index (χ1n) is 9.21. The van der Waals surface area contributed by atoms with Crippen molar-refractivity contribution in [3.05, 3.63) is 54.1 Å². The van der Waals surface area contributed by atoms with E-state index in [1.807, 2.05) is 30.3 Å². The molecule has 9 heteroatoms. The molecule has 0 aliphatic carbocycles. The number of hydrogen-bond acceptors (Lipinski definition) is 7. The van der Waals surface area contributed by atoms with Crippen LogP contribution < -0.4 is 13.9 Å². The fourth-order valence-corrected chi connectivity index (χ4v) is 4.02. The van der Waals surface area contributed by atoms with Gasteiger partial charge in [-0.15, -0.1) is 0 Å². The number of rotatable bonds is 7. The molecular formula is C20H24N2O6S. The zero-order chi connectivity index (χ0) is 20.8. The maximum atomic E-state index is 12.1. The minimum Gasteiger partial charge on any atom is -0.494 e. The molecule has 156 valence electrons. The highest BCUT2D eigenvalue weighted by Crippen LogP contribution is 2.32. The summed E-state index contributed by atoms with van der Waals surface area (Å²) in [5, 5.41) is 1.72. The first-order chi connectivity index (χ1) is 14.0. The number of benzene rings is 2. The number of anilines is 1. The Morgan fingerprint density at radius 2 is 1.90 bits per heavy atom. The normalized spacial score (nSPS) is 17.0. The molecule has 1 unspecified atom stereocenters. The van der Waals surface area contributed by atoms with Gasteiger partial charge in [-0.05, 0) is 43.2 Å². The third kappa shape index (κ3) is 4.99. The number of hydrazine groups is 1. The van der Waals surface area contributed by atoms with Crippen molar-refractivity contribution in [3.63, 3.8) is 0 Å². The van der Waals surface area contributed by atoms with Gasteiger partial charge in [-0.25, -0.2) is 18.2 Å². The fourth-order valence-electron chi connectivity index (χ4n) is 3.31. The Bertz CT molecular complexity index is 910. The lowest BCUT2D eigenvalue weighted by atomic mass is 10.1. The van der Waals surface area contributed by atoms with E-state index in [1.165, 1.54) is 36.8 Å². The third-order valence-electron chi connectivity index (χ3n) is 4.64. The van der Waals surface area contributed by atoms with Crippen LogP contribution in [0.1, 0.15) is 23.2 Å². The minimum atomic E-state index is -2.98. The molecule has 0 amide bonds. The van der Waals surface area contributed by atoms with Crippen molar-refractivity contribution >= 4 is 22.5 Å². The number of para-hydroxylation sites is 1. The van der Waals surface area contributed by atoms with Gasteiger partial charge in [0.15, 0.2) is 0 Å². The van der Waals surface area contributed by atoms with Crippen LogP contribution in [0.5, 0.6) is 11.5 Å². The van der Waals surface area contributed by atoms with Crippen LogP contribution in [0.15, 0.2) is 48.5 Å². The molecule has 3 rings (SSSR count). The fraction of sp³-hybridized carbons (Fsp3) is 0.350. The van der Waals surface area contributed by atoms with Gasteiger partial charge in [0, 0.05) is 6.54 Å². The zero-order valence-electron chi connectivity index (χ0n) is 16.3. The van der Waals surface area contributed by atoms with Crippen LogP contribution in [0.4, 0.5) is 5.69 Å². The molecule has 2 aromatic rings. The SMILES string of the molecule is COC(=O)c1ccc(N(N2CCCC(Oc3ccccc3)C2)[SH](=O)=O)c(OC)c1. The van der Waals surface area contributed by atoms with Crippen LogP contribution in [0.3, 0.4) is 0 Å². The summed E-state index contributed by atoms with van der Waals surface area (Å²) in [4.78, 5) is 11.8. The first-order valence-corrected chi connectivity index (χ1v) is 10.3. The largest absolute Gasteiger partial charge is 0.494 e. The monoisotopic (exact) mass is 420 g/mol. The average molecular weight is 420 g/mol. The van der Waals surface area contributed by atoms with Crippen molar-refractivity contribution in [2.45, 2.75) is 18.9 Å². The van der Waals surface area contributed by atoms with E-state index in [-0.39, 0.29) is 17.4 Å². The predicted molar refractivity (Wildman–Crippen MR) is 109 cm³/mol. The lowest BCUT2D eigenvalue weighted by Crippen LogP contribution is -2.50. The number of piperidine rings is 1. The molecule has 0 saturated carbocycles. The van der Waals surface area contributed by atoms with E-state index in [0.29, 0.717) is 18.8 Å². The molecule has 0 bridgehead atoms. The van der Waals surface area contributed by atoms with Crippen LogP contribution in [0.25, 0.3) is 0 Å². The van der Waals surface area contributed by atoms with Gasteiger partial charge >= 0.3 is 5.97 Å². The van der Waals surface area contributed by atoms with Crippen molar-refractivity contribution in [2.75, 3.05) is 31.7 Å². The Kier molecular flexibility index (Phi) is 6.95. The van der Waals surface area contributed by atoms with Gasteiger partial charge in [0.2, 0.25) is 10.9 Å². The second-order valence-corrected chi connectivity index (χ2v) is 7.37. The summed E-state index contributed by atoms with van der Waals surface area (Å²) < 4.78 is 41.6. The van der Waals surface area contributed by atoms with Crippen LogP contribution in [0, 0.1) is 0 Å². The molecule has 1 fully saturated rings. The molecule has 8 nitrogen and oxygen atoms in total. The van der Waals surface area contributed by atoms with Crippen molar-refractivity contribution < 1.29 is 27.4 Å². The average Bonchev–Trinajstić information content (AvgIpc) is 2.74. The van der Waals surface area contributed by atoms with Crippen molar-refractivity contribution in [3.8, 4) is 11.5 Å². The number of ether oxygens (including phenoxy) is 3. The van der Waals surface area contributed by atoms with Gasteiger partial charge in [0.05, 0.1) is 26.3 Å². The number of hydrogen-bond donors (Lipinski definition) is 1. The number of esters is 1. The van der Waals surface area contributed by atoms with Crippen LogP contribution in [-0.4, -0.2) is 52.8 Å². The Morgan fingerprint density at radius 1 is 1.14 bits per heavy atom. The van der Waals surface area contributed by atoms with Gasteiger partial charge in [0.1, 0.15) is 23.3 Å². The molecule has 1 aliphatic rings. The predicted octanol–water partition coefficient (Wildman–Crippen LogP) is 2.27. The van der Waals surface area contributed by atoms with E-state index in [4.69, 9.17) is 14.2 Å². The second-order valence-electron chi connectivity index (χ2n) is 6.51. The number of carbonyl (C=O) groups is 1. The summed E-state index contributed by atoms with van der Waals surface area (Å²) in [6.45, 7) is 0.958. The molecule has 1 atom stereocenters. The van der Waals surface area contributed by atoms with Crippen molar-refractivity contribution in [1.29, 1.82) is 0 Å². The van der Waals surface area contributed by atoms with E-state index in [0.717, 1.165) is 18.6 Å². The molecule has 29 heavy (non-hydrogen) atoms. The van der Waals surface area contributed by atoms with Crippen LogP contribution in [0.2, 0.25) is 0 Å². The standard InChI is InChI=1S/C20H24N2O6S/c1-26-19-13-15(20(23)27-2)10-11-18(19)22(29(24)25)21-12-6-9-17(14-21)28-16-7-4-3-5-8-16/h3-5,7-8,10-11,13,17,29H,6,9,12,14H2,1-2H3. The summed E-state index contributed by atoms with van der Waals surface area (Å²) in [6, 6.07) is 14.0. The first kappa shape index (κ1) is 20.9. The van der Waals surface area contributed by atoms with E-state index in [9.17, 15) is 13.2 Å². The van der Waals surface area contributed by atoms with E-state index in [1.54, 1.807) is 5.01 Å². The number of thiol groups is 1. The second kappa shape index (κ2) is 9.62. The molecule has 0 radical (unpaired) electrons. The number of nitrogens with zero attached hydrogens (tertiary/aromatic N) is 2. The highest BCUT2D eigenvalue weighted by Gasteiger charge is 2.29. The van der Waals surface area contributed by atoms with E-state index < -0.39 is 16.9 Å². The van der Waals surface area contributed by atoms with Gasteiger partial charge < -0.3 is 14.2 Å². The lowest BCUT2D eigenvalue weighted by Gasteiger charge is -2.38. The highest BCUT2D eigenvalue weighted by molar-refractivity contribution is 7.73.